The third kappa shape index (κ3) is 5.22. The van der Waals surface area contributed by atoms with Crippen molar-refractivity contribution in [1.29, 1.82) is 0 Å². The summed E-state index contributed by atoms with van der Waals surface area (Å²) in [6, 6.07) is 8.79. The third-order valence-electron chi connectivity index (χ3n) is 2.83. The molecular formula is C15H25NO. The van der Waals surface area contributed by atoms with E-state index in [1.54, 1.807) is 0 Å². The van der Waals surface area contributed by atoms with Crippen LogP contribution < -0.4 is 10.1 Å². The molecule has 17 heavy (non-hydrogen) atoms. The minimum Gasteiger partial charge on any atom is -0.494 e. The molecule has 1 aromatic rings. The van der Waals surface area contributed by atoms with Crippen molar-refractivity contribution in [3.05, 3.63) is 29.8 Å². The number of hydrogen-bond acceptors (Lipinski definition) is 2. The Kier molecular flexibility index (Phi) is 6.71. The first kappa shape index (κ1) is 14.0. The summed E-state index contributed by atoms with van der Waals surface area (Å²) >= 11 is 0. The van der Waals surface area contributed by atoms with Crippen LogP contribution in [0.1, 0.15) is 51.6 Å². The van der Waals surface area contributed by atoms with Gasteiger partial charge in [0.05, 0.1) is 6.61 Å². The van der Waals surface area contributed by atoms with Crippen molar-refractivity contribution in [3.63, 3.8) is 0 Å². The summed E-state index contributed by atoms with van der Waals surface area (Å²) in [5, 5.41) is 3.49. The zero-order valence-corrected chi connectivity index (χ0v) is 11.3. The van der Waals surface area contributed by atoms with Gasteiger partial charge in [0.25, 0.3) is 0 Å². The summed E-state index contributed by atoms with van der Waals surface area (Å²) in [5.41, 5.74) is 1.30. The second kappa shape index (κ2) is 8.13. The third-order valence-corrected chi connectivity index (χ3v) is 2.83. The van der Waals surface area contributed by atoms with Gasteiger partial charge in [0, 0.05) is 6.04 Å². The van der Waals surface area contributed by atoms with E-state index in [0.29, 0.717) is 6.04 Å². The van der Waals surface area contributed by atoms with Crippen molar-refractivity contribution in [3.8, 4) is 5.75 Å². The second-order valence-electron chi connectivity index (χ2n) is 4.45. The zero-order valence-electron chi connectivity index (χ0n) is 11.3. The highest BCUT2D eigenvalue weighted by molar-refractivity contribution is 5.30. The Labute approximate surface area is 105 Å². The molecule has 96 valence electrons. The standard InChI is InChI=1S/C15H25NO/c1-4-6-11-17-15-9-7-8-14(12-15)13(3)16-10-5-2/h7-9,12-13,16H,4-6,10-11H2,1-3H3. The van der Waals surface area contributed by atoms with Crippen LogP contribution >= 0.6 is 0 Å². The maximum absolute atomic E-state index is 5.71. The molecule has 0 aliphatic carbocycles. The molecular weight excluding hydrogens is 210 g/mol. The van der Waals surface area contributed by atoms with Crippen molar-refractivity contribution in [1.82, 2.24) is 5.32 Å². The van der Waals surface area contributed by atoms with Crippen molar-refractivity contribution in [2.45, 2.75) is 46.1 Å². The maximum Gasteiger partial charge on any atom is 0.119 e. The van der Waals surface area contributed by atoms with Crippen LogP contribution in [0.25, 0.3) is 0 Å². The van der Waals surface area contributed by atoms with E-state index in [0.717, 1.165) is 31.7 Å². The van der Waals surface area contributed by atoms with Gasteiger partial charge in [-0.15, -0.1) is 0 Å². The fourth-order valence-corrected chi connectivity index (χ4v) is 1.69. The minimum atomic E-state index is 0.393. The largest absolute Gasteiger partial charge is 0.494 e. The lowest BCUT2D eigenvalue weighted by Crippen LogP contribution is -2.19. The SMILES string of the molecule is CCCCOc1cccc(C(C)NCCC)c1. The Morgan fingerprint density at radius 1 is 1.24 bits per heavy atom. The van der Waals surface area contributed by atoms with Gasteiger partial charge in [-0.2, -0.15) is 0 Å². The molecule has 2 nitrogen and oxygen atoms in total. The number of hydrogen-bond donors (Lipinski definition) is 1. The monoisotopic (exact) mass is 235 g/mol. The van der Waals surface area contributed by atoms with E-state index in [1.165, 1.54) is 12.0 Å². The lowest BCUT2D eigenvalue weighted by atomic mass is 10.1. The van der Waals surface area contributed by atoms with Gasteiger partial charge in [-0.25, -0.2) is 0 Å². The molecule has 1 unspecified atom stereocenters. The molecule has 0 heterocycles. The van der Waals surface area contributed by atoms with E-state index in [4.69, 9.17) is 4.74 Å². The van der Waals surface area contributed by atoms with Crippen LogP contribution in [0.3, 0.4) is 0 Å². The first-order valence-corrected chi connectivity index (χ1v) is 6.74. The first-order valence-electron chi connectivity index (χ1n) is 6.74. The highest BCUT2D eigenvalue weighted by Gasteiger charge is 2.04. The van der Waals surface area contributed by atoms with E-state index < -0.39 is 0 Å². The number of nitrogens with one attached hydrogen (secondary N) is 1. The van der Waals surface area contributed by atoms with Gasteiger partial charge in [-0.1, -0.05) is 32.4 Å². The van der Waals surface area contributed by atoms with Crippen LogP contribution in [0.2, 0.25) is 0 Å². The normalized spacial score (nSPS) is 12.4. The molecule has 0 aliphatic heterocycles. The predicted octanol–water partition coefficient (Wildman–Crippen LogP) is 3.93. The van der Waals surface area contributed by atoms with Crippen molar-refractivity contribution < 1.29 is 4.74 Å². The Morgan fingerprint density at radius 2 is 2.06 bits per heavy atom. The molecule has 0 radical (unpaired) electrons. The lowest BCUT2D eigenvalue weighted by Gasteiger charge is -2.15. The number of ether oxygens (including phenoxy) is 1. The Morgan fingerprint density at radius 3 is 2.76 bits per heavy atom. The van der Waals surface area contributed by atoms with Gasteiger partial charge in [0.2, 0.25) is 0 Å². The maximum atomic E-state index is 5.71. The zero-order chi connectivity index (χ0) is 12.5. The number of rotatable bonds is 8. The van der Waals surface area contributed by atoms with Gasteiger partial charge in [-0.05, 0) is 44.0 Å². The summed E-state index contributed by atoms with van der Waals surface area (Å²) in [6.45, 7) is 8.43. The van der Waals surface area contributed by atoms with E-state index in [1.807, 2.05) is 6.07 Å². The molecule has 1 N–H and O–H groups in total. The molecule has 1 aromatic carbocycles. The molecule has 0 spiro atoms. The Balaban J connectivity index is 2.52. The summed E-state index contributed by atoms with van der Waals surface area (Å²) in [5.74, 6) is 0.987. The smallest absolute Gasteiger partial charge is 0.119 e. The number of benzene rings is 1. The van der Waals surface area contributed by atoms with Gasteiger partial charge >= 0.3 is 0 Å². The second-order valence-corrected chi connectivity index (χ2v) is 4.45. The van der Waals surface area contributed by atoms with Crippen LogP contribution in [-0.2, 0) is 0 Å². The van der Waals surface area contributed by atoms with Crippen molar-refractivity contribution in [2.24, 2.45) is 0 Å². The molecule has 0 aliphatic rings. The van der Waals surface area contributed by atoms with Gasteiger partial charge in [-0.3, -0.25) is 0 Å². The fraction of sp³-hybridized carbons (Fsp3) is 0.600. The van der Waals surface area contributed by atoms with Crippen molar-refractivity contribution in [2.75, 3.05) is 13.2 Å². The van der Waals surface area contributed by atoms with Gasteiger partial charge in [0.1, 0.15) is 5.75 Å². The molecule has 0 aromatic heterocycles. The highest BCUT2D eigenvalue weighted by atomic mass is 16.5. The topological polar surface area (TPSA) is 21.3 Å². The summed E-state index contributed by atoms with van der Waals surface area (Å²) < 4.78 is 5.71. The fourth-order valence-electron chi connectivity index (χ4n) is 1.69. The van der Waals surface area contributed by atoms with Crippen LogP contribution in [-0.4, -0.2) is 13.2 Å². The molecule has 1 atom stereocenters. The van der Waals surface area contributed by atoms with E-state index in [-0.39, 0.29) is 0 Å². The van der Waals surface area contributed by atoms with Crippen molar-refractivity contribution >= 4 is 0 Å². The summed E-state index contributed by atoms with van der Waals surface area (Å²) in [6.07, 6.45) is 3.46. The molecule has 1 rings (SSSR count). The highest BCUT2D eigenvalue weighted by Crippen LogP contribution is 2.19. The first-order chi connectivity index (χ1) is 8.27. The minimum absolute atomic E-state index is 0.393. The summed E-state index contributed by atoms with van der Waals surface area (Å²) in [7, 11) is 0. The predicted molar refractivity (Wildman–Crippen MR) is 73.6 cm³/mol. The quantitative estimate of drug-likeness (QED) is 0.689. The molecule has 0 saturated heterocycles. The average molecular weight is 235 g/mol. The van der Waals surface area contributed by atoms with Gasteiger partial charge in [0.15, 0.2) is 0 Å². The van der Waals surface area contributed by atoms with E-state index in [9.17, 15) is 0 Å². The van der Waals surface area contributed by atoms with Crippen LogP contribution in [0.15, 0.2) is 24.3 Å². The lowest BCUT2D eigenvalue weighted by molar-refractivity contribution is 0.309. The average Bonchev–Trinajstić information content (AvgIpc) is 2.36. The molecule has 2 heteroatoms. The number of unbranched alkanes of at least 4 members (excludes halogenated alkanes) is 1. The Hall–Kier alpha value is -1.02. The molecule has 0 amide bonds. The van der Waals surface area contributed by atoms with Crippen LogP contribution in [0.5, 0.6) is 5.75 Å². The molecule has 0 bridgehead atoms. The van der Waals surface area contributed by atoms with E-state index >= 15 is 0 Å². The van der Waals surface area contributed by atoms with Crippen LogP contribution in [0.4, 0.5) is 0 Å². The Bertz CT molecular complexity index is 312. The van der Waals surface area contributed by atoms with Crippen LogP contribution in [0, 0.1) is 0 Å². The summed E-state index contributed by atoms with van der Waals surface area (Å²) in [4.78, 5) is 0. The van der Waals surface area contributed by atoms with E-state index in [2.05, 4.69) is 44.3 Å². The molecule has 0 fully saturated rings. The van der Waals surface area contributed by atoms with Gasteiger partial charge < -0.3 is 10.1 Å². The molecule has 0 saturated carbocycles.